The van der Waals surface area contributed by atoms with E-state index in [4.69, 9.17) is 4.74 Å². The third-order valence-electron chi connectivity index (χ3n) is 3.70. The minimum Gasteiger partial charge on any atom is -0.493 e. The number of aryl methyl sites for hydroxylation is 2. The molecule has 0 N–H and O–H groups in total. The quantitative estimate of drug-likeness (QED) is 0.554. The minimum absolute atomic E-state index is 0.268. The van der Waals surface area contributed by atoms with E-state index in [0.717, 1.165) is 5.75 Å². The van der Waals surface area contributed by atoms with Crippen molar-refractivity contribution in [1.82, 2.24) is 4.31 Å². The maximum absolute atomic E-state index is 12.0. The van der Waals surface area contributed by atoms with E-state index in [0.29, 0.717) is 12.4 Å². The van der Waals surface area contributed by atoms with E-state index in [2.05, 4.69) is 32.0 Å². The van der Waals surface area contributed by atoms with Gasteiger partial charge < -0.3 is 4.74 Å². The Labute approximate surface area is 148 Å². The second-order valence-electron chi connectivity index (χ2n) is 5.70. The molecule has 0 heterocycles. The zero-order valence-corrected chi connectivity index (χ0v) is 16.1. The van der Waals surface area contributed by atoms with Crippen molar-refractivity contribution >= 4 is 21.8 Å². The summed E-state index contributed by atoms with van der Waals surface area (Å²) in [7, 11) is -0.354. The lowest BCUT2D eigenvalue weighted by molar-refractivity contribution is 0.343. The zero-order chi connectivity index (χ0) is 17.7. The molecule has 0 spiro atoms. The molecule has 0 aromatic heterocycles. The van der Waals surface area contributed by atoms with Gasteiger partial charge in [0.2, 0.25) is 10.0 Å². The van der Waals surface area contributed by atoms with Crippen molar-refractivity contribution in [2.24, 2.45) is 0 Å². The average Bonchev–Trinajstić information content (AvgIpc) is 2.55. The molecule has 0 aliphatic carbocycles. The Hall–Kier alpha value is -1.50. The first-order valence-electron chi connectivity index (χ1n) is 7.66. The Balaban J connectivity index is 1.85. The molecular formula is C18H23NO3S2. The van der Waals surface area contributed by atoms with Gasteiger partial charge >= 0.3 is 0 Å². The summed E-state index contributed by atoms with van der Waals surface area (Å²) in [6.45, 7) is 4.78. The highest BCUT2D eigenvalue weighted by atomic mass is 32.2. The minimum atomic E-state index is -3.39. The first-order valence-corrected chi connectivity index (χ1v) is 10.1. The van der Waals surface area contributed by atoms with Gasteiger partial charge in [-0.3, -0.25) is 0 Å². The van der Waals surface area contributed by atoms with Crippen molar-refractivity contribution in [3.05, 3.63) is 53.6 Å². The fraction of sp³-hybridized carbons (Fsp3) is 0.333. The van der Waals surface area contributed by atoms with Crippen molar-refractivity contribution in [1.29, 1.82) is 0 Å². The number of ether oxygens (including phenoxy) is 1. The largest absolute Gasteiger partial charge is 0.493 e. The van der Waals surface area contributed by atoms with E-state index < -0.39 is 10.0 Å². The lowest BCUT2D eigenvalue weighted by atomic mass is 10.1. The summed E-state index contributed by atoms with van der Waals surface area (Å²) in [6.07, 6.45) is 0. The molecule has 130 valence electrons. The second kappa shape index (κ2) is 8.05. The predicted octanol–water partition coefficient (Wildman–Crippen LogP) is 3.72. The molecule has 0 fully saturated rings. The normalized spacial score (nSPS) is 11.7. The SMILES string of the molecule is Cc1ccc(SCCOc2ccc(S(=O)(=O)N(C)C)cc2)cc1C. The Kier molecular flexibility index (Phi) is 6.32. The van der Waals surface area contributed by atoms with Crippen LogP contribution in [0.25, 0.3) is 0 Å². The maximum Gasteiger partial charge on any atom is 0.242 e. The summed E-state index contributed by atoms with van der Waals surface area (Å²) < 4.78 is 30.9. The zero-order valence-electron chi connectivity index (χ0n) is 14.4. The third-order valence-corrected chi connectivity index (χ3v) is 6.49. The highest BCUT2D eigenvalue weighted by Gasteiger charge is 2.16. The summed E-state index contributed by atoms with van der Waals surface area (Å²) in [5.41, 5.74) is 2.59. The number of rotatable bonds is 7. The third kappa shape index (κ3) is 4.75. The number of sulfonamides is 1. The van der Waals surface area contributed by atoms with Gasteiger partial charge in [0.25, 0.3) is 0 Å². The van der Waals surface area contributed by atoms with Gasteiger partial charge in [-0.15, -0.1) is 11.8 Å². The molecule has 0 saturated heterocycles. The average molecular weight is 366 g/mol. The molecule has 0 aliphatic rings. The van der Waals surface area contributed by atoms with Crippen LogP contribution in [0, 0.1) is 13.8 Å². The summed E-state index contributed by atoms with van der Waals surface area (Å²) in [6, 6.07) is 13.0. The van der Waals surface area contributed by atoms with Crippen LogP contribution in [0.1, 0.15) is 11.1 Å². The van der Waals surface area contributed by atoms with Crippen LogP contribution in [0.3, 0.4) is 0 Å². The van der Waals surface area contributed by atoms with Crippen LogP contribution < -0.4 is 4.74 Å². The fourth-order valence-corrected chi connectivity index (χ4v) is 3.77. The molecule has 0 atom stereocenters. The molecule has 0 saturated carbocycles. The molecule has 0 aliphatic heterocycles. The molecule has 24 heavy (non-hydrogen) atoms. The molecule has 4 nitrogen and oxygen atoms in total. The topological polar surface area (TPSA) is 46.6 Å². The molecule has 0 unspecified atom stereocenters. The van der Waals surface area contributed by atoms with Crippen LogP contribution >= 0.6 is 11.8 Å². The number of hydrogen-bond donors (Lipinski definition) is 0. The van der Waals surface area contributed by atoms with Crippen molar-refractivity contribution in [3.63, 3.8) is 0 Å². The Morgan fingerprint density at radius 1 is 1.00 bits per heavy atom. The fourth-order valence-electron chi connectivity index (χ4n) is 2.04. The van der Waals surface area contributed by atoms with E-state index in [1.807, 2.05) is 0 Å². The van der Waals surface area contributed by atoms with E-state index in [-0.39, 0.29) is 4.90 Å². The Morgan fingerprint density at radius 3 is 2.25 bits per heavy atom. The lowest BCUT2D eigenvalue weighted by Gasteiger charge is -2.12. The molecule has 0 amide bonds. The molecule has 0 bridgehead atoms. The summed E-state index contributed by atoms with van der Waals surface area (Å²) >= 11 is 1.75. The summed E-state index contributed by atoms with van der Waals surface area (Å²) in [5.74, 6) is 1.51. The van der Waals surface area contributed by atoms with Gasteiger partial charge in [-0.25, -0.2) is 12.7 Å². The molecular weight excluding hydrogens is 342 g/mol. The van der Waals surface area contributed by atoms with Gasteiger partial charge in [-0.1, -0.05) is 6.07 Å². The number of benzene rings is 2. The smallest absolute Gasteiger partial charge is 0.242 e. The van der Waals surface area contributed by atoms with Gasteiger partial charge in [0.05, 0.1) is 11.5 Å². The monoisotopic (exact) mass is 365 g/mol. The van der Waals surface area contributed by atoms with Crippen molar-refractivity contribution in [3.8, 4) is 5.75 Å². The molecule has 6 heteroatoms. The second-order valence-corrected chi connectivity index (χ2v) is 9.02. The molecule has 0 radical (unpaired) electrons. The van der Waals surface area contributed by atoms with Crippen LogP contribution in [0.4, 0.5) is 0 Å². The lowest BCUT2D eigenvalue weighted by Crippen LogP contribution is -2.22. The molecule has 2 aromatic carbocycles. The van der Waals surface area contributed by atoms with Gasteiger partial charge in [-0.2, -0.15) is 0 Å². The van der Waals surface area contributed by atoms with Crippen LogP contribution in [-0.4, -0.2) is 39.2 Å². The molecule has 2 rings (SSSR count). The van der Waals surface area contributed by atoms with Gasteiger partial charge in [0.1, 0.15) is 5.75 Å². The van der Waals surface area contributed by atoms with E-state index in [1.165, 1.54) is 34.4 Å². The van der Waals surface area contributed by atoms with Gasteiger partial charge in [-0.05, 0) is 61.4 Å². The predicted molar refractivity (Wildman–Crippen MR) is 99.4 cm³/mol. The van der Waals surface area contributed by atoms with E-state index >= 15 is 0 Å². The standard InChI is InChI=1S/C18H23NO3S2/c1-14-5-8-17(13-15(14)2)23-12-11-22-16-6-9-18(10-7-16)24(20,21)19(3)4/h5-10,13H,11-12H2,1-4H3. The van der Waals surface area contributed by atoms with Gasteiger partial charge in [0, 0.05) is 24.7 Å². The Morgan fingerprint density at radius 2 is 1.67 bits per heavy atom. The molecule has 2 aromatic rings. The van der Waals surface area contributed by atoms with Gasteiger partial charge in [0.15, 0.2) is 0 Å². The first kappa shape index (κ1) is 18.8. The van der Waals surface area contributed by atoms with Crippen LogP contribution in [-0.2, 0) is 10.0 Å². The summed E-state index contributed by atoms with van der Waals surface area (Å²) in [5, 5.41) is 0. The highest BCUT2D eigenvalue weighted by Crippen LogP contribution is 2.22. The van der Waals surface area contributed by atoms with Crippen molar-refractivity contribution in [2.45, 2.75) is 23.6 Å². The van der Waals surface area contributed by atoms with Crippen LogP contribution in [0.5, 0.6) is 5.75 Å². The first-order chi connectivity index (χ1) is 11.3. The number of hydrogen-bond acceptors (Lipinski definition) is 4. The van der Waals surface area contributed by atoms with E-state index in [1.54, 1.807) is 36.0 Å². The van der Waals surface area contributed by atoms with Crippen LogP contribution in [0.15, 0.2) is 52.3 Å². The summed E-state index contributed by atoms with van der Waals surface area (Å²) in [4.78, 5) is 1.50. The maximum atomic E-state index is 12.0. The van der Waals surface area contributed by atoms with E-state index in [9.17, 15) is 8.42 Å². The van der Waals surface area contributed by atoms with Crippen molar-refractivity contribution < 1.29 is 13.2 Å². The number of thioether (sulfide) groups is 1. The van der Waals surface area contributed by atoms with Crippen molar-refractivity contribution in [2.75, 3.05) is 26.5 Å². The van der Waals surface area contributed by atoms with Crippen LogP contribution in [0.2, 0.25) is 0 Å². The highest BCUT2D eigenvalue weighted by molar-refractivity contribution is 7.99. The Bertz CT molecular complexity index is 784. The number of nitrogens with zero attached hydrogens (tertiary/aromatic N) is 1.